The van der Waals surface area contributed by atoms with Crippen molar-refractivity contribution in [2.45, 2.75) is 27.3 Å². The van der Waals surface area contributed by atoms with Gasteiger partial charge in [-0.1, -0.05) is 17.7 Å². The van der Waals surface area contributed by atoms with E-state index in [0.717, 1.165) is 39.6 Å². The summed E-state index contributed by atoms with van der Waals surface area (Å²) in [5.74, 6) is -1.02. The lowest BCUT2D eigenvalue weighted by molar-refractivity contribution is -0.385. The standard InChI is InChI=1S/C18H20N4O5/c1-11-6-12(2)18(13(3)7-11)20-15(23)8-19-16(24)10-21-9-14(22(26)27)4-5-17(21)25/h4-7,9H,8,10H2,1-3H3,(H,19,24)(H,20,23). The van der Waals surface area contributed by atoms with Gasteiger partial charge in [0.15, 0.2) is 0 Å². The number of nitrogens with one attached hydrogen (secondary N) is 2. The van der Waals surface area contributed by atoms with Crippen LogP contribution in [0, 0.1) is 30.9 Å². The minimum atomic E-state index is -0.659. The highest BCUT2D eigenvalue weighted by Gasteiger charge is 2.13. The van der Waals surface area contributed by atoms with E-state index in [2.05, 4.69) is 10.6 Å². The predicted octanol–water partition coefficient (Wildman–Crippen LogP) is 1.44. The SMILES string of the molecule is Cc1cc(C)c(NC(=O)CNC(=O)Cn2cc([N+](=O)[O-])ccc2=O)c(C)c1. The second kappa shape index (κ2) is 8.26. The number of aryl methyl sites for hydroxylation is 3. The average molecular weight is 372 g/mol. The molecule has 0 atom stereocenters. The van der Waals surface area contributed by atoms with Crippen LogP contribution in [0.25, 0.3) is 0 Å². The molecule has 1 aromatic heterocycles. The lowest BCUT2D eigenvalue weighted by atomic mass is 10.1. The van der Waals surface area contributed by atoms with Crippen molar-refractivity contribution in [1.29, 1.82) is 0 Å². The number of rotatable bonds is 6. The number of hydrogen-bond acceptors (Lipinski definition) is 5. The van der Waals surface area contributed by atoms with Crippen molar-refractivity contribution in [3.8, 4) is 0 Å². The van der Waals surface area contributed by atoms with E-state index < -0.39 is 28.8 Å². The molecule has 9 heteroatoms. The number of benzene rings is 1. The number of aromatic nitrogens is 1. The normalized spacial score (nSPS) is 10.3. The number of amides is 2. The average Bonchev–Trinajstić information content (AvgIpc) is 2.58. The number of nitrogens with zero attached hydrogens (tertiary/aromatic N) is 2. The quantitative estimate of drug-likeness (QED) is 0.586. The largest absolute Gasteiger partial charge is 0.345 e. The summed E-state index contributed by atoms with van der Waals surface area (Å²) >= 11 is 0. The Morgan fingerprint density at radius 3 is 2.33 bits per heavy atom. The molecule has 2 amide bonds. The van der Waals surface area contributed by atoms with Crippen molar-refractivity contribution in [3.63, 3.8) is 0 Å². The van der Waals surface area contributed by atoms with Crippen LogP contribution in [0.15, 0.2) is 35.3 Å². The molecule has 2 rings (SSSR count). The van der Waals surface area contributed by atoms with Crippen LogP contribution in [0.5, 0.6) is 0 Å². The van der Waals surface area contributed by atoms with E-state index in [9.17, 15) is 24.5 Å². The summed E-state index contributed by atoms with van der Waals surface area (Å²) in [6, 6.07) is 5.96. The van der Waals surface area contributed by atoms with Gasteiger partial charge in [-0.25, -0.2) is 0 Å². The Labute approximate surface area is 155 Å². The third-order valence-corrected chi connectivity index (χ3v) is 3.88. The number of nitro groups is 1. The van der Waals surface area contributed by atoms with E-state index in [4.69, 9.17) is 0 Å². The van der Waals surface area contributed by atoms with Crippen molar-refractivity contribution in [1.82, 2.24) is 9.88 Å². The minimum Gasteiger partial charge on any atom is -0.345 e. The van der Waals surface area contributed by atoms with Gasteiger partial charge >= 0.3 is 0 Å². The first kappa shape index (κ1) is 19.8. The van der Waals surface area contributed by atoms with Gasteiger partial charge in [0, 0.05) is 17.8 Å². The molecule has 0 aliphatic rings. The monoisotopic (exact) mass is 372 g/mol. The van der Waals surface area contributed by atoms with Gasteiger partial charge < -0.3 is 10.6 Å². The Morgan fingerprint density at radius 1 is 1.11 bits per heavy atom. The van der Waals surface area contributed by atoms with Gasteiger partial charge in [-0.2, -0.15) is 0 Å². The van der Waals surface area contributed by atoms with E-state index in [1.807, 2.05) is 32.9 Å². The van der Waals surface area contributed by atoms with E-state index in [-0.39, 0.29) is 12.2 Å². The Kier molecular flexibility index (Phi) is 6.07. The van der Waals surface area contributed by atoms with Crippen LogP contribution in [-0.4, -0.2) is 27.8 Å². The Balaban J connectivity index is 1.96. The number of carbonyl (C=O) groups is 2. The maximum atomic E-state index is 12.1. The van der Waals surface area contributed by atoms with Gasteiger partial charge in [0.1, 0.15) is 6.54 Å². The Bertz CT molecular complexity index is 941. The molecule has 1 aromatic carbocycles. The molecule has 0 aliphatic heterocycles. The molecule has 0 bridgehead atoms. The third-order valence-electron chi connectivity index (χ3n) is 3.88. The van der Waals surface area contributed by atoms with Gasteiger partial charge in [-0.3, -0.25) is 29.1 Å². The molecule has 2 N–H and O–H groups in total. The zero-order chi connectivity index (χ0) is 20.1. The summed E-state index contributed by atoms with van der Waals surface area (Å²) in [4.78, 5) is 45.8. The fraction of sp³-hybridized carbons (Fsp3) is 0.278. The highest BCUT2D eigenvalue weighted by atomic mass is 16.6. The summed E-state index contributed by atoms with van der Waals surface area (Å²) in [5, 5.41) is 15.9. The first-order valence-corrected chi connectivity index (χ1v) is 8.16. The van der Waals surface area contributed by atoms with Crippen LogP contribution in [-0.2, 0) is 16.1 Å². The lowest BCUT2D eigenvalue weighted by Crippen LogP contribution is -2.37. The van der Waals surface area contributed by atoms with Gasteiger partial charge in [0.05, 0.1) is 17.7 Å². The lowest BCUT2D eigenvalue weighted by Gasteiger charge is -2.13. The third kappa shape index (κ3) is 5.24. The molecule has 0 radical (unpaired) electrons. The maximum Gasteiger partial charge on any atom is 0.285 e. The number of pyridine rings is 1. The van der Waals surface area contributed by atoms with Crippen molar-refractivity contribution in [2.24, 2.45) is 0 Å². The molecule has 0 fully saturated rings. The summed E-state index contributed by atoms with van der Waals surface area (Å²) in [6.07, 6.45) is 0.987. The molecular weight excluding hydrogens is 352 g/mol. The topological polar surface area (TPSA) is 123 Å². The van der Waals surface area contributed by atoms with Gasteiger partial charge in [-0.15, -0.1) is 0 Å². The maximum absolute atomic E-state index is 12.1. The second-order valence-corrected chi connectivity index (χ2v) is 6.21. The molecule has 0 saturated carbocycles. The van der Waals surface area contributed by atoms with E-state index in [0.29, 0.717) is 5.69 Å². The van der Waals surface area contributed by atoms with Crippen LogP contribution in [0.3, 0.4) is 0 Å². The molecule has 1 heterocycles. The number of carbonyl (C=O) groups excluding carboxylic acids is 2. The molecule has 0 aliphatic carbocycles. The van der Waals surface area contributed by atoms with Crippen molar-refractivity contribution < 1.29 is 14.5 Å². The zero-order valence-corrected chi connectivity index (χ0v) is 15.2. The molecule has 142 valence electrons. The van der Waals surface area contributed by atoms with Crippen LogP contribution in [0.4, 0.5) is 11.4 Å². The van der Waals surface area contributed by atoms with Crippen molar-refractivity contribution in [3.05, 3.63) is 67.6 Å². The molecule has 27 heavy (non-hydrogen) atoms. The highest BCUT2D eigenvalue weighted by Crippen LogP contribution is 2.21. The first-order valence-electron chi connectivity index (χ1n) is 8.16. The fourth-order valence-electron chi connectivity index (χ4n) is 2.70. The van der Waals surface area contributed by atoms with Crippen LogP contribution in [0.1, 0.15) is 16.7 Å². The van der Waals surface area contributed by atoms with Crippen LogP contribution in [0.2, 0.25) is 0 Å². The summed E-state index contributed by atoms with van der Waals surface area (Å²) in [6.45, 7) is 5.01. The van der Waals surface area contributed by atoms with Crippen LogP contribution < -0.4 is 16.2 Å². The van der Waals surface area contributed by atoms with E-state index in [1.54, 1.807) is 0 Å². The van der Waals surface area contributed by atoms with Gasteiger partial charge in [0.2, 0.25) is 11.8 Å². The minimum absolute atomic E-state index is 0.282. The zero-order valence-electron chi connectivity index (χ0n) is 15.2. The Morgan fingerprint density at radius 2 is 1.74 bits per heavy atom. The number of anilines is 1. The Hall–Kier alpha value is -3.49. The summed E-state index contributed by atoms with van der Waals surface area (Å²) < 4.78 is 0.916. The van der Waals surface area contributed by atoms with Crippen LogP contribution >= 0.6 is 0 Å². The molecule has 0 spiro atoms. The second-order valence-electron chi connectivity index (χ2n) is 6.21. The smallest absolute Gasteiger partial charge is 0.285 e. The summed E-state index contributed by atoms with van der Waals surface area (Å²) in [7, 11) is 0. The molecule has 2 aromatic rings. The van der Waals surface area contributed by atoms with Crippen molar-refractivity contribution >= 4 is 23.2 Å². The van der Waals surface area contributed by atoms with Crippen molar-refractivity contribution in [2.75, 3.05) is 11.9 Å². The highest BCUT2D eigenvalue weighted by molar-refractivity contribution is 5.95. The first-order chi connectivity index (χ1) is 12.7. The predicted molar refractivity (Wildman–Crippen MR) is 99.6 cm³/mol. The number of hydrogen-bond donors (Lipinski definition) is 2. The van der Waals surface area contributed by atoms with E-state index in [1.165, 1.54) is 0 Å². The molecule has 0 unspecified atom stereocenters. The fourth-order valence-corrected chi connectivity index (χ4v) is 2.70. The molecule has 9 nitrogen and oxygen atoms in total. The summed E-state index contributed by atoms with van der Waals surface area (Å²) in [5.41, 5.74) is 2.75. The van der Waals surface area contributed by atoms with Gasteiger partial charge in [0.25, 0.3) is 11.2 Å². The molecule has 0 saturated heterocycles. The van der Waals surface area contributed by atoms with Gasteiger partial charge in [-0.05, 0) is 31.9 Å². The molecular formula is C18H20N4O5. The van der Waals surface area contributed by atoms with E-state index >= 15 is 0 Å².